The minimum atomic E-state index is -0.291. The van der Waals surface area contributed by atoms with Crippen LogP contribution in [0.25, 0.3) is 0 Å². The Labute approximate surface area is 124 Å². The van der Waals surface area contributed by atoms with E-state index in [0.29, 0.717) is 23.0 Å². The number of ether oxygens (including phenoxy) is 1. The number of amides is 1. The van der Waals surface area contributed by atoms with Crippen LogP contribution in [-0.4, -0.2) is 25.7 Å². The highest BCUT2D eigenvalue weighted by Crippen LogP contribution is 2.22. The molecule has 0 fully saturated rings. The number of anilines is 1. The summed E-state index contributed by atoms with van der Waals surface area (Å²) < 4.78 is 9.20. The van der Waals surface area contributed by atoms with E-state index >= 15 is 0 Å². The lowest BCUT2D eigenvalue weighted by atomic mass is 10.3. The molecule has 8 heteroatoms. The van der Waals surface area contributed by atoms with Crippen molar-refractivity contribution >= 4 is 23.1 Å². The minimum Gasteiger partial charge on any atom is -0.438 e. The van der Waals surface area contributed by atoms with Crippen molar-refractivity contribution in [2.24, 2.45) is 0 Å². The van der Waals surface area contributed by atoms with Gasteiger partial charge >= 0.3 is 0 Å². The third-order valence-electron chi connectivity index (χ3n) is 2.61. The molecule has 7 nitrogen and oxygen atoms in total. The first kappa shape index (κ1) is 13.3. The normalized spacial score (nSPS) is 10.3. The summed E-state index contributed by atoms with van der Waals surface area (Å²) in [5, 5.41) is 14.8. The summed E-state index contributed by atoms with van der Waals surface area (Å²) in [4.78, 5) is 11.8. The molecule has 0 aliphatic heterocycles. The van der Waals surface area contributed by atoms with Gasteiger partial charge in [0.25, 0.3) is 5.91 Å². The molecule has 2 aromatic heterocycles. The topological polar surface area (TPSA) is 92.8 Å². The molecule has 0 aliphatic carbocycles. The van der Waals surface area contributed by atoms with Crippen molar-refractivity contribution in [1.82, 2.24) is 19.8 Å². The highest BCUT2D eigenvalue weighted by Gasteiger charge is 2.09. The van der Waals surface area contributed by atoms with Gasteiger partial charge in [0.2, 0.25) is 5.88 Å². The quantitative estimate of drug-likeness (QED) is 0.772. The first-order valence-corrected chi connectivity index (χ1v) is 6.93. The molecule has 106 valence electrons. The van der Waals surface area contributed by atoms with Crippen molar-refractivity contribution < 1.29 is 9.53 Å². The van der Waals surface area contributed by atoms with Gasteiger partial charge < -0.3 is 10.1 Å². The van der Waals surface area contributed by atoms with E-state index in [-0.39, 0.29) is 5.91 Å². The maximum atomic E-state index is 11.8. The van der Waals surface area contributed by atoms with Gasteiger partial charge in [0.05, 0.1) is 0 Å². The van der Waals surface area contributed by atoms with Gasteiger partial charge in [-0.1, -0.05) is 4.49 Å². The van der Waals surface area contributed by atoms with Gasteiger partial charge in [-0.25, -0.2) is 0 Å². The van der Waals surface area contributed by atoms with E-state index in [2.05, 4.69) is 25.1 Å². The van der Waals surface area contributed by atoms with Crippen LogP contribution in [0.5, 0.6) is 11.6 Å². The molecule has 3 rings (SSSR count). The fraction of sp³-hybridized carbons (Fsp3) is 0.0769. The Morgan fingerprint density at radius 1 is 1.33 bits per heavy atom. The van der Waals surface area contributed by atoms with Crippen LogP contribution in [-0.2, 0) is 0 Å². The summed E-state index contributed by atoms with van der Waals surface area (Å²) in [5.41, 5.74) is 1.87. The van der Waals surface area contributed by atoms with Gasteiger partial charge in [-0.3, -0.25) is 9.89 Å². The van der Waals surface area contributed by atoms with E-state index in [1.165, 1.54) is 0 Å². The molecule has 0 atom stereocenters. The number of aryl methyl sites for hydroxylation is 1. The van der Waals surface area contributed by atoms with Crippen molar-refractivity contribution in [3.05, 3.63) is 47.1 Å². The lowest BCUT2D eigenvalue weighted by Gasteiger charge is -2.05. The van der Waals surface area contributed by atoms with Crippen LogP contribution < -0.4 is 10.1 Å². The van der Waals surface area contributed by atoms with E-state index in [1.807, 2.05) is 6.92 Å². The average molecular weight is 301 g/mol. The van der Waals surface area contributed by atoms with Gasteiger partial charge in [-0.2, -0.15) is 0 Å². The number of rotatable bonds is 4. The number of hydrogen-bond acceptors (Lipinski definition) is 6. The van der Waals surface area contributed by atoms with E-state index in [1.54, 1.807) is 35.7 Å². The summed E-state index contributed by atoms with van der Waals surface area (Å²) in [6.07, 6.45) is 0. The van der Waals surface area contributed by atoms with Crippen molar-refractivity contribution in [2.45, 2.75) is 6.92 Å². The third kappa shape index (κ3) is 3.23. The van der Waals surface area contributed by atoms with E-state index in [4.69, 9.17) is 4.74 Å². The largest absolute Gasteiger partial charge is 0.438 e. The number of carbonyl (C=O) groups excluding carboxylic acids is 1. The van der Waals surface area contributed by atoms with E-state index in [9.17, 15) is 4.79 Å². The second kappa shape index (κ2) is 5.71. The van der Waals surface area contributed by atoms with Crippen molar-refractivity contribution in [1.29, 1.82) is 0 Å². The maximum Gasteiger partial charge on any atom is 0.277 e. The summed E-state index contributed by atoms with van der Waals surface area (Å²) >= 11 is 1.13. The molecule has 0 unspecified atom stereocenters. The molecule has 0 radical (unpaired) electrons. The van der Waals surface area contributed by atoms with Gasteiger partial charge in [0.1, 0.15) is 5.75 Å². The molecule has 21 heavy (non-hydrogen) atoms. The van der Waals surface area contributed by atoms with Crippen LogP contribution in [0, 0.1) is 6.92 Å². The summed E-state index contributed by atoms with van der Waals surface area (Å²) in [6.45, 7) is 1.89. The van der Waals surface area contributed by atoms with E-state index in [0.717, 1.165) is 17.2 Å². The SMILES string of the molecule is Cc1cc(Oc2ccc(NC(=O)c3csnn3)cc2)n[nH]1. The molecule has 0 saturated carbocycles. The average Bonchev–Trinajstić information content (AvgIpc) is 3.13. The molecular weight excluding hydrogens is 290 g/mol. The molecule has 0 saturated heterocycles. The van der Waals surface area contributed by atoms with Gasteiger partial charge in [0, 0.05) is 22.8 Å². The zero-order valence-electron chi connectivity index (χ0n) is 11.0. The second-order valence-electron chi connectivity index (χ2n) is 4.26. The molecule has 2 heterocycles. The Kier molecular flexibility index (Phi) is 3.61. The standard InChI is InChI=1S/C13H11N5O2S/c1-8-6-12(17-15-8)20-10-4-2-9(3-5-10)14-13(19)11-7-21-18-16-11/h2-7H,1H3,(H,14,19)(H,15,17). The zero-order valence-corrected chi connectivity index (χ0v) is 11.8. The number of nitrogens with one attached hydrogen (secondary N) is 2. The summed E-state index contributed by atoms with van der Waals surface area (Å²) in [6, 6.07) is 8.78. The van der Waals surface area contributed by atoms with Crippen LogP contribution in [0.15, 0.2) is 35.7 Å². The van der Waals surface area contributed by atoms with Crippen LogP contribution in [0.3, 0.4) is 0 Å². The van der Waals surface area contributed by atoms with Crippen LogP contribution in [0.2, 0.25) is 0 Å². The number of nitrogens with zero attached hydrogens (tertiary/aromatic N) is 3. The minimum absolute atomic E-state index is 0.291. The highest BCUT2D eigenvalue weighted by atomic mass is 32.1. The first-order chi connectivity index (χ1) is 10.2. The smallest absolute Gasteiger partial charge is 0.277 e. The molecule has 0 aliphatic rings. The van der Waals surface area contributed by atoms with Crippen LogP contribution in [0.1, 0.15) is 16.2 Å². The lowest BCUT2D eigenvalue weighted by Crippen LogP contribution is -2.12. The Bertz CT molecular complexity index is 736. The van der Waals surface area contributed by atoms with Crippen molar-refractivity contribution in [3.8, 4) is 11.6 Å². The predicted octanol–water partition coefficient (Wildman–Crippen LogP) is 2.61. The van der Waals surface area contributed by atoms with Crippen LogP contribution in [0.4, 0.5) is 5.69 Å². The van der Waals surface area contributed by atoms with Crippen LogP contribution >= 0.6 is 11.5 Å². The molecule has 3 aromatic rings. The zero-order chi connectivity index (χ0) is 14.7. The van der Waals surface area contributed by atoms with Crippen molar-refractivity contribution in [3.63, 3.8) is 0 Å². The second-order valence-corrected chi connectivity index (χ2v) is 4.87. The number of aromatic nitrogens is 4. The van der Waals surface area contributed by atoms with Gasteiger partial charge in [-0.05, 0) is 42.7 Å². The Hall–Kier alpha value is -2.74. The monoisotopic (exact) mass is 301 g/mol. The fourth-order valence-electron chi connectivity index (χ4n) is 1.63. The number of carbonyl (C=O) groups is 1. The fourth-order valence-corrected chi connectivity index (χ4v) is 2.07. The Balaban J connectivity index is 1.65. The molecule has 1 amide bonds. The molecule has 2 N–H and O–H groups in total. The van der Waals surface area contributed by atoms with Crippen molar-refractivity contribution in [2.75, 3.05) is 5.32 Å². The number of aromatic amines is 1. The summed E-state index contributed by atoms with van der Waals surface area (Å²) in [7, 11) is 0. The summed E-state index contributed by atoms with van der Waals surface area (Å²) in [5.74, 6) is 0.841. The number of H-pyrrole nitrogens is 1. The van der Waals surface area contributed by atoms with Gasteiger partial charge in [0.15, 0.2) is 5.69 Å². The Morgan fingerprint density at radius 3 is 2.76 bits per heavy atom. The predicted molar refractivity (Wildman–Crippen MR) is 77.7 cm³/mol. The maximum absolute atomic E-state index is 11.8. The lowest BCUT2D eigenvalue weighted by molar-refractivity contribution is 0.102. The molecular formula is C13H11N5O2S. The Morgan fingerprint density at radius 2 is 2.14 bits per heavy atom. The molecule has 1 aromatic carbocycles. The molecule has 0 spiro atoms. The van der Waals surface area contributed by atoms with Gasteiger partial charge in [-0.15, -0.1) is 10.2 Å². The number of hydrogen-bond donors (Lipinski definition) is 2. The van der Waals surface area contributed by atoms with E-state index < -0.39 is 0 Å². The number of benzene rings is 1. The first-order valence-electron chi connectivity index (χ1n) is 6.09. The molecule has 0 bridgehead atoms. The third-order valence-corrected chi connectivity index (χ3v) is 3.11. The highest BCUT2D eigenvalue weighted by molar-refractivity contribution is 7.03.